The molecule has 0 fully saturated rings. The summed E-state index contributed by atoms with van der Waals surface area (Å²) in [6.45, 7) is 9.81. The predicted octanol–water partition coefficient (Wildman–Crippen LogP) is 5.89. The van der Waals surface area contributed by atoms with Crippen molar-refractivity contribution in [1.82, 2.24) is 0 Å². The highest BCUT2D eigenvalue weighted by Gasteiger charge is 2.08. The van der Waals surface area contributed by atoms with Gasteiger partial charge in [-0.15, -0.1) is 0 Å². The highest BCUT2D eigenvalue weighted by molar-refractivity contribution is 8.00. The Bertz CT molecular complexity index is 128. The summed E-state index contributed by atoms with van der Waals surface area (Å²) in [5.74, 6) is -2.50. The lowest BCUT2D eigenvalue weighted by atomic mass is 10.5. The van der Waals surface area contributed by atoms with Gasteiger partial charge in [0.1, 0.15) is 0 Å². The molecule has 0 aliphatic rings. The van der Waals surface area contributed by atoms with Gasteiger partial charge in [0.05, 0.1) is 12.2 Å². The maximum absolute atomic E-state index is 11.0. The maximum atomic E-state index is 11.0. The lowest BCUT2D eigenvalue weighted by Gasteiger charge is -1.99. The fourth-order valence-corrected chi connectivity index (χ4v) is 2.45. The van der Waals surface area contributed by atoms with Crippen molar-refractivity contribution in [2.75, 3.05) is 0 Å². The molecule has 0 bridgehead atoms. The topological polar surface area (TPSA) is 18.5 Å². The molecule has 0 heterocycles. The standard InChI is InChI=1S/C3H6F2.2C3H10OP2.CH4/c1-3(2,4)5;2*1-3(2)4-6-5;/h1-2H3;2*3,6H,5H2,1-2H3;1H4. The molecule has 18 heavy (non-hydrogen) atoms. The van der Waals surface area contributed by atoms with Crippen LogP contribution in [0.25, 0.3) is 0 Å². The first-order valence-corrected chi connectivity index (χ1v) is 10.6. The van der Waals surface area contributed by atoms with E-state index in [0.29, 0.717) is 29.2 Å². The van der Waals surface area contributed by atoms with E-state index in [2.05, 4.69) is 17.9 Å². The van der Waals surface area contributed by atoms with Crippen LogP contribution in [-0.2, 0) is 9.05 Å². The summed E-state index contributed by atoms with van der Waals surface area (Å²) < 4.78 is 32.1. The van der Waals surface area contributed by atoms with Crippen molar-refractivity contribution < 1.29 is 17.8 Å². The molecule has 0 N–H and O–H groups in total. The Morgan fingerprint density at radius 1 is 0.889 bits per heavy atom. The third-order valence-electron chi connectivity index (χ3n) is 0.607. The van der Waals surface area contributed by atoms with Crippen LogP contribution in [0.2, 0.25) is 0 Å². The molecule has 8 heteroatoms. The average Bonchev–Trinajstić information content (AvgIpc) is 2.00. The molecule has 0 radical (unpaired) electrons. The maximum Gasteiger partial charge on any atom is 0.242 e. The number of rotatable bonds is 4. The second-order valence-electron chi connectivity index (χ2n) is 3.90. The van der Waals surface area contributed by atoms with Crippen LogP contribution in [0.5, 0.6) is 0 Å². The van der Waals surface area contributed by atoms with Crippen LogP contribution in [0.15, 0.2) is 0 Å². The van der Waals surface area contributed by atoms with E-state index in [1.165, 1.54) is 0 Å². The summed E-state index contributed by atoms with van der Waals surface area (Å²) >= 11 is 0. The Balaban J connectivity index is -0.0000000799. The van der Waals surface area contributed by atoms with Gasteiger partial charge in [-0.25, -0.2) is 8.78 Å². The van der Waals surface area contributed by atoms with Crippen LogP contribution in [0.1, 0.15) is 49.0 Å². The van der Waals surface area contributed by atoms with E-state index in [-0.39, 0.29) is 7.43 Å². The zero-order chi connectivity index (χ0) is 14.5. The van der Waals surface area contributed by atoms with Gasteiger partial charge in [-0.3, -0.25) is 0 Å². The molecule has 4 unspecified atom stereocenters. The smallest absolute Gasteiger partial charge is 0.242 e. The third-order valence-corrected chi connectivity index (χ3v) is 2.64. The number of alkyl halides is 2. The molecule has 0 saturated carbocycles. The highest BCUT2D eigenvalue weighted by atomic mass is 32.0. The number of halogens is 2. The molecule has 116 valence electrons. The van der Waals surface area contributed by atoms with E-state index in [9.17, 15) is 8.78 Å². The first-order valence-electron chi connectivity index (χ1n) is 5.14. The zero-order valence-electron chi connectivity index (χ0n) is 11.4. The van der Waals surface area contributed by atoms with Gasteiger partial charge in [0.15, 0.2) is 0 Å². The van der Waals surface area contributed by atoms with Crippen molar-refractivity contribution in [3.8, 4) is 0 Å². The van der Waals surface area contributed by atoms with Gasteiger partial charge in [0.25, 0.3) is 0 Å². The molecule has 2 nitrogen and oxygen atoms in total. The molecule has 0 rings (SSSR count). The van der Waals surface area contributed by atoms with E-state index >= 15 is 0 Å². The SMILES string of the molecule is C.CC(C)(F)F.CC(C)OPP.CC(C)OPP. The average molecular weight is 344 g/mol. The molecule has 0 amide bonds. The lowest BCUT2D eigenvalue weighted by molar-refractivity contribution is 0.0437. The van der Waals surface area contributed by atoms with E-state index in [1.54, 1.807) is 0 Å². The van der Waals surface area contributed by atoms with E-state index in [0.717, 1.165) is 13.8 Å². The van der Waals surface area contributed by atoms with Crippen LogP contribution in [-0.4, -0.2) is 18.1 Å². The quantitative estimate of drug-likeness (QED) is 0.592. The highest BCUT2D eigenvalue weighted by Crippen LogP contribution is 2.23. The fourth-order valence-electron chi connectivity index (χ4n) is 0.272. The van der Waals surface area contributed by atoms with Crippen LogP contribution < -0.4 is 0 Å². The Labute approximate surface area is 120 Å². The van der Waals surface area contributed by atoms with E-state index < -0.39 is 5.92 Å². The summed E-state index contributed by atoms with van der Waals surface area (Å²) in [4.78, 5) is 0. The number of hydrogen-bond donors (Lipinski definition) is 0. The Morgan fingerprint density at radius 3 is 1.06 bits per heavy atom. The van der Waals surface area contributed by atoms with E-state index in [1.807, 2.05) is 27.7 Å². The van der Waals surface area contributed by atoms with Crippen molar-refractivity contribution in [3.63, 3.8) is 0 Å². The summed E-state index contributed by atoms with van der Waals surface area (Å²) in [6, 6.07) is 0. The Hall–Kier alpha value is 1.50. The molecule has 0 aliphatic carbocycles. The van der Waals surface area contributed by atoms with Crippen molar-refractivity contribution in [1.29, 1.82) is 0 Å². The van der Waals surface area contributed by atoms with Gasteiger partial charge in [-0.1, -0.05) is 25.3 Å². The fraction of sp³-hybridized carbons (Fsp3) is 1.00. The predicted molar refractivity (Wildman–Crippen MR) is 91.5 cm³/mol. The van der Waals surface area contributed by atoms with Gasteiger partial charge in [-0.05, 0) is 41.5 Å². The summed E-state index contributed by atoms with van der Waals surface area (Å²) in [7, 11) is 6.17. The summed E-state index contributed by atoms with van der Waals surface area (Å²) in [6.07, 6.45) is 0.779. The Morgan fingerprint density at radius 2 is 1.06 bits per heavy atom. The minimum Gasteiger partial charge on any atom is -0.356 e. The number of hydrogen-bond acceptors (Lipinski definition) is 2. The minimum atomic E-state index is -2.50. The van der Waals surface area contributed by atoms with Crippen molar-refractivity contribution >= 4 is 34.8 Å². The van der Waals surface area contributed by atoms with Crippen LogP contribution in [0, 0.1) is 0 Å². The first-order chi connectivity index (χ1) is 7.54. The van der Waals surface area contributed by atoms with Crippen molar-refractivity contribution in [2.45, 2.75) is 67.1 Å². The molecule has 0 aromatic heterocycles. The van der Waals surface area contributed by atoms with Crippen LogP contribution in [0.4, 0.5) is 8.78 Å². The Kier molecular flexibility index (Phi) is 28.6. The third kappa shape index (κ3) is 84.7. The van der Waals surface area contributed by atoms with Crippen molar-refractivity contribution in [3.05, 3.63) is 0 Å². The first kappa shape index (κ1) is 27.8. The van der Waals surface area contributed by atoms with Gasteiger partial charge in [-0.2, -0.15) is 0 Å². The van der Waals surface area contributed by atoms with Gasteiger partial charge in [0.2, 0.25) is 5.92 Å². The molecule has 0 aromatic carbocycles. The molecular formula is C10H30F2O2P4. The second-order valence-corrected chi connectivity index (χ2v) is 6.25. The molecule has 0 spiro atoms. The van der Waals surface area contributed by atoms with Gasteiger partial charge in [0, 0.05) is 17.0 Å². The molecule has 0 aromatic rings. The largest absolute Gasteiger partial charge is 0.356 e. The molecule has 0 aliphatic heterocycles. The van der Waals surface area contributed by atoms with Crippen LogP contribution in [0.3, 0.4) is 0 Å². The molecular weight excluding hydrogens is 314 g/mol. The normalized spacial score (nSPS) is 11.3. The monoisotopic (exact) mass is 344 g/mol. The van der Waals surface area contributed by atoms with Gasteiger partial charge < -0.3 is 9.05 Å². The summed E-state index contributed by atoms with van der Waals surface area (Å²) in [5, 5.41) is 0. The molecule has 4 atom stereocenters. The summed E-state index contributed by atoms with van der Waals surface area (Å²) in [5.41, 5.74) is 0. The molecule has 0 saturated heterocycles. The van der Waals surface area contributed by atoms with Crippen molar-refractivity contribution in [2.24, 2.45) is 0 Å². The second kappa shape index (κ2) is 18.5. The zero-order valence-corrected chi connectivity index (χ0v) is 15.7. The lowest BCUT2D eigenvalue weighted by Crippen LogP contribution is -1.98. The minimum absolute atomic E-state index is 0. The van der Waals surface area contributed by atoms with E-state index in [4.69, 9.17) is 9.05 Å². The van der Waals surface area contributed by atoms with Crippen LogP contribution >= 0.6 is 34.8 Å². The van der Waals surface area contributed by atoms with Gasteiger partial charge >= 0.3 is 0 Å².